The molecule has 1 N–H and O–H groups in total. The Morgan fingerprint density at radius 3 is 2.00 bits per heavy atom. The average Bonchev–Trinajstić information content (AvgIpc) is 2.70. The molecule has 0 aliphatic carbocycles. The minimum Gasteiger partial charge on any atom is -0.507 e. The molecule has 12 nitrogen and oxygen atoms in total. The third kappa shape index (κ3) is 5.94. The molecule has 0 aromatic heterocycles. The van der Waals surface area contributed by atoms with Gasteiger partial charge in [0.25, 0.3) is 0 Å². The number of esters is 4. The van der Waals surface area contributed by atoms with Gasteiger partial charge < -0.3 is 33.5 Å². The standard InChI is InChI=1S/C20H22O12/c1-9(22)28-15-16(29-10(2)23)18(30-11(3)24)20(32-17(15)19(26)27-4)31-13-6-5-12(8-21)14(25)7-13/h5-8,15-18,20,25H,1-4H3/t15-,16-,17-,18+,20+/m0/s1. The number of aldehydes is 1. The molecule has 0 radical (unpaired) electrons. The van der Waals surface area contributed by atoms with E-state index in [1.165, 1.54) is 12.1 Å². The maximum Gasteiger partial charge on any atom is 0.339 e. The highest BCUT2D eigenvalue weighted by Gasteiger charge is 2.55. The van der Waals surface area contributed by atoms with E-state index in [-0.39, 0.29) is 11.3 Å². The van der Waals surface area contributed by atoms with Crippen molar-refractivity contribution in [2.24, 2.45) is 0 Å². The number of phenolic OH excluding ortho intramolecular Hbond substituents is 1. The summed E-state index contributed by atoms with van der Waals surface area (Å²) in [5.74, 6) is -3.91. The molecule has 1 fully saturated rings. The largest absolute Gasteiger partial charge is 0.507 e. The van der Waals surface area contributed by atoms with Crippen molar-refractivity contribution in [2.45, 2.75) is 51.5 Å². The number of phenols is 1. The fourth-order valence-corrected chi connectivity index (χ4v) is 3.01. The third-order valence-electron chi connectivity index (χ3n) is 4.22. The lowest BCUT2D eigenvalue weighted by Crippen LogP contribution is -2.64. The lowest BCUT2D eigenvalue weighted by molar-refractivity contribution is -0.282. The zero-order chi connectivity index (χ0) is 24.0. The zero-order valence-corrected chi connectivity index (χ0v) is 17.6. The molecule has 12 heteroatoms. The van der Waals surface area contributed by atoms with Gasteiger partial charge in [-0.15, -0.1) is 0 Å². The molecule has 1 aromatic carbocycles. The summed E-state index contributed by atoms with van der Waals surface area (Å²) in [6, 6.07) is 3.65. The number of carbonyl (C=O) groups is 5. The summed E-state index contributed by atoms with van der Waals surface area (Å²) in [7, 11) is 1.06. The van der Waals surface area contributed by atoms with Crippen LogP contribution < -0.4 is 4.74 Å². The van der Waals surface area contributed by atoms with Crippen LogP contribution in [0.2, 0.25) is 0 Å². The Morgan fingerprint density at radius 1 is 0.938 bits per heavy atom. The van der Waals surface area contributed by atoms with Crippen molar-refractivity contribution in [1.29, 1.82) is 0 Å². The highest BCUT2D eigenvalue weighted by Crippen LogP contribution is 2.32. The van der Waals surface area contributed by atoms with Crippen LogP contribution in [-0.2, 0) is 42.9 Å². The molecule has 5 atom stereocenters. The number of methoxy groups -OCH3 is 1. The molecular weight excluding hydrogens is 432 g/mol. The first-order valence-electron chi connectivity index (χ1n) is 9.27. The fraction of sp³-hybridized carbons (Fsp3) is 0.450. The van der Waals surface area contributed by atoms with Crippen LogP contribution in [0.15, 0.2) is 18.2 Å². The predicted molar refractivity (Wildman–Crippen MR) is 101 cm³/mol. The van der Waals surface area contributed by atoms with Crippen LogP contribution in [0.1, 0.15) is 31.1 Å². The maximum absolute atomic E-state index is 12.3. The van der Waals surface area contributed by atoms with Gasteiger partial charge in [0, 0.05) is 26.8 Å². The van der Waals surface area contributed by atoms with Crippen LogP contribution in [-0.4, -0.2) is 73.1 Å². The Balaban J connectivity index is 2.51. The molecule has 1 heterocycles. The van der Waals surface area contributed by atoms with Crippen molar-refractivity contribution >= 4 is 30.2 Å². The molecular formula is C20H22O12. The molecule has 0 saturated carbocycles. The van der Waals surface area contributed by atoms with Crippen molar-refractivity contribution in [3.8, 4) is 11.5 Å². The summed E-state index contributed by atoms with van der Waals surface area (Å²) in [5.41, 5.74) is -0.0152. The second-order valence-corrected chi connectivity index (χ2v) is 6.63. The van der Waals surface area contributed by atoms with Crippen LogP contribution in [0, 0.1) is 0 Å². The number of ether oxygens (including phenoxy) is 6. The Kier molecular flexibility index (Phi) is 8.13. The van der Waals surface area contributed by atoms with Crippen LogP contribution in [0.3, 0.4) is 0 Å². The minimum atomic E-state index is -1.62. The van der Waals surface area contributed by atoms with Crippen LogP contribution in [0.5, 0.6) is 11.5 Å². The summed E-state index contributed by atoms with van der Waals surface area (Å²) < 4.78 is 31.4. The number of rotatable bonds is 7. The van der Waals surface area contributed by atoms with Crippen LogP contribution in [0.25, 0.3) is 0 Å². The van der Waals surface area contributed by atoms with E-state index >= 15 is 0 Å². The molecule has 1 aromatic rings. The van der Waals surface area contributed by atoms with Gasteiger partial charge in [0.05, 0.1) is 12.7 Å². The zero-order valence-electron chi connectivity index (χ0n) is 17.6. The van der Waals surface area contributed by atoms with E-state index in [4.69, 9.17) is 23.7 Å². The predicted octanol–water partition coefficient (Wildman–Crippen LogP) is 0.276. The van der Waals surface area contributed by atoms with E-state index in [1.54, 1.807) is 0 Å². The van der Waals surface area contributed by atoms with Gasteiger partial charge in [0.2, 0.25) is 12.4 Å². The second kappa shape index (κ2) is 10.6. The Hall–Kier alpha value is -3.67. The molecule has 0 amide bonds. The fourth-order valence-electron chi connectivity index (χ4n) is 3.01. The smallest absolute Gasteiger partial charge is 0.339 e. The monoisotopic (exact) mass is 454 g/mol. The summed E-state index contributed by atoms with van der Waals surface area (Å²) in [5, 5.41) is 9.88. The summed E-state index contributed by atoms with van der Waals surface area (Å²) in [6.45, 7) is 3.18. The minimum absolute atomic E-state index is 0.0152. The molecule has 2 rings (SSSR count). The quantitative estimate of drug-likeness (QED) is 0.341. The van der Waals surface area contributed by atoms with Crippen molar-refractivity contribution in [3.63, 3.8) is 0 Å². The summed E-state index contributed by atoms with van der Waals surface area (Å²) in [4.78, 5) is 58.3. The van der Waals surface area contributed by atoms with E-state index in [1.807, 2.05) is 0 Å². The van der Waals surface area contributed by atoms with Crippen molar-refractivity contribution in [1.82, 2.24) is 0 Å². The first-order valence-corrected chi connectivity index (χ1v) is 9.27. The molecule has 174 valence electrons. The van der Waals surface area contributed by atoms with Crippen molar-refractivity contribution in [3.05, 3.63) is 23.8 Å². The van der Waals surface area contributed by atoms with Gasteiger partial charge in [-0.25, -0.2) is 4.79 Å². The number of hydrogen-bond donors (Lipinski definition) is 1. The van der Waals surface area contributed by atoms with Gasteiger partial charge in [-0.3, -0.25) is 19.2 Å². The van der Waals surface area contributed by atoms with E-state index < -0.39 is 60.3 Å². The lowest BCUT2D eigenvalue weighted by atomic mass is 9.97. The number of carbonyl (C=O) groups excluding carboxylic acids is 5. The number of hydrogen-bond acceptors (Lipinski definition) is 12. The van der Waals surface area contributed by atoms with E-state index in [9.17, 15) is 29.1 Å². The van der Waals surface area contributed by atoms with Crippen LogP contribution >= 0.6 is 0 Å². The third-order valence-corrected chi connectivity index (χ3v) is 4.22. The molecule has 1 aliphatic heterocycles. The molecule has 1 saturated heterocycles. The normalized spacial score (nSPS) is 24.6. The summed E-state index contributed by atoms with van der Waals surface area (Å²) in [6.07, 6.45) is -7.29. The maximum atomic E-state index is 12.3. The second-order valence-electron chi connectivity index (χ2n) is 6.63. The van der Waals surface area contributed by atoms with Gasteiger partial charge in [-0.2, -0.15) is 0 Å². The molecule has 1 aliphatic rings. The van der Waals surface area contributed by atoms with E-state index in [2.05, 4.69) is 4.74 Å². The molecule has 0 spiro atoms. The van der Waals surface area contributed by atoms with Gasteiger partial charge in [-0.05, 0) is 12.1 Å². The van der Waals surface area contributed by atoms with E-state index in [0.29, 0.717) is 6.29 Å². The Labute approximate surface area is 182 Å². The Bertz CT molecular complexity index is 895. The molecule has 0 bridgehead atoms. The highest BCUT2D eigenvalue weighted by atomic mass is 16.7. The SMILES string of the molecule is COC(=O)[C@H]1O[C@@H](Oc2ccc(C=O)c(O)c2)[C@H](OC(C)=O)[C@@H](OC(C)=O)[C@@H]1OC(C)=O. The highest BCUT2D eigenvalue weighted by molar-refractivity contribution is 5.79. The van der Waals surface area contributed by atoms with Crippen molar-refractivity contribution in [2.75, 3.05) is 7.11 Å². The average molecular weight is 454 g/mol. The number of benzene rings is 1. The molecule has 0 unspecified atom stereocenters. The summed E-state index contributed by atoms with van der Waals surface area (Å²) >= 11 is 0. The first-order chi connectivity index (χ1) is 15.1. The van der Waals surface area contributed by atoms with Gasteiger partial charge in [-0.1, -0.05) is 0 Å². The van der Waals surface area contributed by atoms with Crippen molar-refractivity contribution < 1.29 is 57.5 Å². The first kappa shape index (κ1) is 24.6. The van der Waals surface area contributed by atoms with Crippen LogP contribution in [0.4, 0.5) is 0 Å². The van der Waals surface area contributed by atoms with Gasteiger partial charge in [0.1, 0.15) is 11.5 Å². The topological polar surface area (TPSA) is 161 Å². The molecule has 32 heavy (non-hydrogen) atoms. The Morgan fingerprint density at radius 2 is 1.50 bits per heavy atom. The van der Waals surface area contributed by atoms with E-state index in [0.717, 1.165) is 33.9 Å². The lowest BCUT2D eigenvalue weighted by Gasteiger charge is -2.43. The van der Waals surface area contributed by atoms with Gasteiger partial charge in [0.15, 0.2) is 24.6 Å². The van der Waals surface area contributed by atoms with Gasteiger partial charge >= 0.3 is 23.9 Å². The number of aromatic hydroxyl groups is 1.